The SMILES string of the molecule is CCCCN(C(=O)O[C@@H]1CC1C[N+]12CCC(CC1)CC2)c1ccccc1. The van der Waals surface area contributed by atoms with E-state index in [1.165, 1.54) is 49.9 Å². The third-order valence-electron chi connectivity index (χ3n) is 6.79. The summed E-state index contributed by atoms with van der Waals surface area (Å²) in [5.41, 5.74) is 0.947. The number of rotatable bonds is 7. The summed E-state index contributed by atoms with van der Waals surface area (Å²) in [7, 11) is 0. The number of nitrogens with zero attached hydrogens (tertiary/aromatic N) is 2. The molecule has 26 heavy (non-hydrogen) atoms. The van der Waals surface area contributed by atoms with E-state index in [0.29, 0.717) is 5.92 Å². The van der Waals surface area contributed by atoms with Crippen molar-refractivity contribution >= 4 is 11.8 Å². The lowest BCUT2D eigenvalue weighted by Crippen LogP contribution is -2.59. The minimum atomic E-state index is -0.158. The summed E-state index contributed by atoms with van der Waals surface area (Å²) >= 11 is 0. The van der Waals surface area contributed by atoms with E-state index < -0.39 is 0 Å². The number of ether oxygens (including phenoxy) is 1. The third-order valence-corrected chi connectivity index (χ3v) is 6.79. The first-order valence-electron chi connectivity index (χ1n) is 10.6. The van der Waals surface area contributed by atoms with Gasteiger partial charge in [-0.05, 0) is 50.2 Å². The second-order valence-corrected chi connectivity index (χ2v) is 8.69. The Kier molecular flexibility index (Phi) is 5.21. The monoisotopic (exact) mass is 357 g/mol. The fourth-order valence-electron chi connectivity index (χ4n) is 4.91. The highest BCUT2D eigenvalue weighted by atomic mass is 16.6. The molecule has 0 aromatic heterocycles. The Bertz CT molecular complexity index is 596. The molecule has 1 aromatic rings. The molecule has 4 nitrogen and oxygen atoms in total. The number of anilines is 1. The Morgan fingerprint density at radius 3 is 2.50 bits per heavy atom. The molecule has 0 N–H and O–H groups in total. The van der Waals surface area contributed by atoms with Gasteiger partial charge in [-0.1, -0.05) is 31.5 Å². The molecule has 1 amide bonds. The van der Waals surface area contributed by atoms with Crippen LogP contribution in [0.2, 0.25) is 0 Å². The molecule has 2 bridgehead atoms. The highest BCUT2D eigenvalue weighted by Gasteiger charge is 2.50. The second kappa shape index (κ2) is 7.59. The Balaban J connectivity index is 1.32. The summed E-state index contributed by atoms with van der Waals surface area (Å²) in [6.07, 6.45) is 7.35. The number of hydrogen-bond acceptors (Lipinski definition) is 2. The first-order valence-corrected chi connectivity index (χ1v) is 10.6. The van der Waals surface area contributed by atoms with Crippen LogP contribution in [0.15, 0.2) is 30.3 Å². The maximum atomic E-state index is 12.8. The van der Waals surface area contributed by atoms with Crippen LogP contribution in [0, 0.1) is 11.8 Å². The van der Waals surface area contributed by atoms with Gasteiger partial charge in [-0.25, -0.2) is 4.79 Å². The molecule has 1 aliphatic carbocycles. The maximum absolute atomic E-state index is 12.8. The number of hydrogen-bond donors (Lipinski definition) is 0. The van der Waals surface area contributed by atoms with Crippen molar-refractivity contribution in [2.45, 2.75) is 51.6 Å². The molecule has 0 radical (unpaired) electrons. The second-order valence-electron chi connectivity index (χ2n) is 8.69. The van der Waals surface area contributed by atoms with E-state index in [-0.39, 0.29) is 12.2 Å². The molecule has 1 unspecified atom stereocenters. The van der Waals surface area contributed by atoms with Gasteiger partial charge in [-0.2, -0.15) is 0 Å². The largest absolute Gasteiger partial charge is 0.445 e. The number of carbonyl (C=O) groups excluding carboxylic acids is 1. The van der Waals surface area contributed by atoms with Crippen LogP contribution in [0.5, 0.6) is 0 Å². The predicted molar refractivity (Wildman–Crippen MR) is 104 cm³/mol. The number of amides is 1. The fourth-order valence-corrected chi connectivity index (χ4v) is 4.91. The fraction of sp³-hybridized carbons (Fsp3) is 0.682. The van der Waals surface area contributed by atoms with Gasteiger partial charge in [0.05, 0.1) is 26.2 Å². The molecule has 142 valence electrons. The number of para-hydroxylation sites is 1. The lowest BCUT2D eigenvalue weighted by Gasteiger charge is -2.49. The van der Waals surface area contributed by atoms with Crippen LogP contribution in [-0.4, -0.2) is 49.4 Å². The molecule has 1 saturated carbocycles. The van der Waals surface area contributed by atoms with E-state index in [1.807, 2.05) is 35.2 Å². The van der Waals surface area contributed by atoms with Crippen LogP contribution in [0.25, 0.3) is 0 Å². The normalized spacial score (nSPS) is 32.3. The molecule has 0 spiro atoms. The molecule has 4 aliphatic rings. The van der Waals surface area contributed by atoms with E-state index in [9.17, 15) is 4.79 Å². The van der Waals surface area contributed by atoms with Crippen LogP contribution < -0.4 is 4.90 Å². The standard InChI is InChI=1S/C22H33N2O2/c1-2-3-12-23(20-7-5-4-6-8-20)22(25)26-21-16-19(21)17-24-13-9-18(10-14-24)11-15-24/h4-8,18-19,21H,2-3,9-17H2,1H3/q+1/t18?,19?,21-,24?/m1/s1. The van der Waals surface area contributed by atoms with Crippen LogP contribution in [0.4, 0.5) is 10.5 Å². The topological polar surface area (TPSA) is 29.5 Å². The van der Waals surface area contributed by atoms with Crippen LogP contribution in [-0.2, 0) is 4.74 Å². The molecule has 1 aromatic carbocycles. The molecule has 4 heteroatoms. The van der Waals surface area contributed by atoms with E-state index in [1.54, 1.807) is 0 Å². The average Bonchev–Trinajstić information content (AvgIpc) is 3.40. The summed E-state index contributed by atoms with van der Waals surface area (Å²) in [5.74, 6) is 1.58. The first-order chi connectivity index (χ1) is 12.7. The average molecular weight is 358 g/mol. The van der Waals surface area contributed by atoms with Crippen molar-refractivity contribution in [3.05, 3.63) is 30.3 Å². The zero-order chi connectivity index (χ0) is 18.0. The number of quaternary nitrogens is 1. The number of piperidine rings is 3. The molecule has 4 fully saturated rings. The van der Waals surface area contributed by atoms with Crippen molar-refractivity contribution in [2.24, 2.45) is 11.8 Å². The van der Waals surface area contributed by atoms with E-state index >= 15 is 0 Å². The number of carbonyl (C=O) groups is 1. The van der Waals surface area contributed by atoms with Gasteiger partial charge in [-0.15, -0.1) is 0 Å². The van der Waals surface area contributed by atoms with Crippen LogP contribution >= 0.6 is 0 Å². The van der Waals surface area contributed by atoms with E-state index in [2.05, 4.69) is 6.92 Å². The van der Waals surface area contributed by atoms with Gasteiger partial charge in [-0.3, -0.25) is 4.90 Å². The van der Waals surface area contributed by atoms with Gasteiger partial charge in [0.25, 0.3) is 0 Å². The molecule has 5 rings (SSSR count). The Hall–Kier alpha value is -1.55. The van der Waals surface area contributed by atoms with Gasteiger partial charge in [0.15, 0.2) is 0 Å². The molecule has 3 heterocycles. The quantitative estimate of drug-likeness (QED) is 0.675. The lowest BCUT2D eigenvalue weighted by atomic mass is 9.85. The summed E-state index contributed by atoms with van der Waals surface area (Å²) in [5, 5.41) is 0. The molecule has 3 aliphatic heterocycles. The van der Waals surface area contributed by atoms with Gasteiger partial charge in [0.2, 0.25) is 0 Å². The first kappa shape index (κ1) is 17.8. The van der Waals surface area contributed by atoms with Crippen LogP contribution in [0.3, 0.4) is 0 Å². The van der Waals surface area contributed by atoms with Crippen molar-refractivity contribution in [3.8, 4) is 0 Å². The van der Waals surface area contributed by atoms with Crippen molar-refractivity contribution in [1.29, 1.82) is 0 Å². The lowest BCUT2D eigenvalue weighted by molar-refractivity contribution is -0.944. The molecular formula is C22H33N2O2+. The zero-order valence-electron chi connectivity index (χ0n) is 16.1. The summed E-state index contributed by atoms with van der Waals surface area (Å²) in [4.78, 5) is 14.6. The number of unbranched alkanes of at least 4 members (excludes halogenated alkanes) is 1. The number of benzene rings is 1. The number of fused-ring (bicyclic) bond motifs is 3. The molecule has 3 saturated heterocycles. The smallest absolute Gasteiger partial charge is 0.414 e. The van der Waals surface area contributed by atoms with Crippen LogP contribution in [0.1, 0.15) is 45.4 Å². The van der Waals surface area contributed by atoms with Gasteiger partial charge in [0.1, 0.15) is 6.10 Å². The zero-order valence-corrected chi connectivity index (χ0v) is 16.1. The van der Waals surface area contributed by atoms with E-state index in [0.717, 1.165) is 37.4 Å². The highest BCUT2D eigenvalue weighted by molar-refractivity contribution is 5.87. The van der Waals surface area contributed by atoms with Gasteiger partial charge < -0.3 is 9.22 Å². The van der Waals surface area contributed by atoms with E-state index in [4.69, 9.17) is 4.74 Å². The van der Waals surface area contributed by atoms with Crippen molar-refractivity contribution in [3.63, 3.8) is 0 Å². The molecular weight excluding hydrogens is 324 g/mol. The van der Waals surface area contributed by atoms with Crippen molar-refractivity contribution in [1.82, 2.24) is 0 Å². The minimum Gasteiger partial charge on any atom is -0.445 e. The maximum Gasteiger partial charge on any atom is 0.414 e. The third kappa shape index (κ3) is 3.90. The van der Waals surface area contributed by atoms with Gasteiger partial charge in [0, 0.05) is 18.2 Å². The Labute approximate surface area is 157 Å². The van der Waals surface area contributed by atoms with Crippen molar-refractivity contribution in [2.75, 3.05) is 37.6 Å². The molecule has 2 atom stereocenters. The summed E-state index contributed by atoms with van der Waals surface area (Å²) in [6.45, 7) is 8.18. The highest BCUT2D eigenvalue weighted by Crippen LogP contribution is 2.41. The minimum absolute atomic E-state index is 0.141. The Morgan fingerprint density at radius 2 is 1.85 bits per heavy atom. The predicted octanol–water partition coefficient (Wildman–Crippen LogP) is 4.45. The summed E-state index contributed by atoms with van der Waals surface area (Å²) in [6, 6.07) is 9.95. The Morgan fingerprint density at radius 1 is 1.15 bits per heavy atom. The van der Waals surface area contributed by atoms with Crippen molar-refractivity contribution < 1.29 is 14.0 Å². The summed E-state index contributed by atoms with van der Waals surface area (Å²) < 4.78 is 7.21. The van der Waals surface area contributed by atoms with Gasteiger partial charge >= 0.3 is 6.09 Å².